The molecule has 0 fully saturated rings. The number of hydrogen-bond donors (Lipinski definition) is 1. The van der Waals surface area contributed by atoms with Crippen LogP contribution < -0.4 is 5.32 Å². The number of amides is 1. The third-order valence-electron chi connectivity index (χ3n) is 4.21. The molecule has 0 atom stereocenters. The van der Waals surface area contributed by atoms with Crippen LogP contribution in [0.15, 0.2) is 59.1 Å². The zero-order valence-electron chi connectivity index (χ0n) is 14.8. The molecule has 0 spiro atoms. The third-order valence-corrected chi connectivity index (χ3v) is 4.51. The number of nitrogens with zero attached hydrogens (tertiary/aromatic N) is 2. The predicted molar refractivity (Wildman–Crippen MR) is 106 cm³/mol. The van der Waals surface area contributed by atoms with Crippen LogP contribution in [-0.2, 0) is 0 Å². The maximum Gasteiger partial charge on any atom is 0.258 e. The van der Waals surface area contributed by atoms with E-state index >= 15 is 0 Å². The van der Waals surface area contributed by atoms with Gasteiger partial charge in [0.25, 0.3) is 5.91 Å². The van der Waals surface area contributed by atoms with Gasteiger partial charge in [0, 0.05) is 17.4 Å². The Bertz CT molecular complexity index is 1150. The molecular formula is C21H16ClN3O2. The van der Waals surface area contributed by atoms with E-state index in [0.717, 1.165) is 27.8 Å². The second-order valence-electron chi connectivity index (χ2n) is 6.32. The summed E-state index contributed by atoms with van der Waals surface area (Å²) in [6.07, 6.45) is 1.54. The van der Waals surface area contributed by atoms with Crippen LogP contribution in [0.3, 0.4) is 0 Å². The van der Waals surface area contributed by atoms with E-state index in [1.807, 2.05) is 32.0 Å². The van der Waals surface area contributed by atoms with E-state index in [4.69, 9.17) is 16.0 Å². The Labute approximate surface area is 161 Å². The maximum absolute atomic E-state index is 12.3. The number of carbonyl (C=O) groups excluding carboxylic acids is 1. The zero-order valence-corrected chi connectivity index (χ0v) is 15.5. The summed E-state index contributed by atoms with van der Waals surface area (Å²) in [5.41, 5.74) is 5.64. The lowest BCUT2D eigenvalue weighted by atomic mass is 10.1. The standard InChI is InChI=1S/C21H16ClN3O2/c1-12-10-13(2)18-17(11-12)25-21(27-18)14-5-7-15(8-6-14)24-20(26)16-4-3-9-23-19(16)22/h3-11H,1-2H3,(H,24,26). The van der Waals surface area contributed by atoms with Gasteiger partial charge < -0.3 is 9.73 Å². The lowest BCUT2D eigenvalue weighted by Crippen LogP contribution is -2.12. The highest BCUT2D eigenvalue weighted by Gasteiger charge is 2.13. The molecule has 0 aliphatic carbocycles. The van der Waals surface area contributed by atoms with Gasteiger partial charge in [-0.15, -0.1) is 0 Å². The Morgan fingerprint density at radius 1 is 1.11 bits per heavy atom. The van der Waals surface area contributed by atoms with Gasteiger partial charge in [0.05, 0.1) is 5.56 Å². The van der Waals surface area contributed by atoms with Gasteiger partial charge in [0.2, 0.25) is 5.89 Å². The van der Waals surface area contributed by atoms with Gasteiger partial charge in [0.1, 0.15) is 10.7 Å². The van der Waals surface area contributed by atoms with Crippen LogP contribution in [0.4, 0.5) is 5.69 Å². The summed E-state index contributed by atoms with van der Waals surface area (Å²) in [5.74, 6) is 0.237. The summed E-state index contributed by atoms with van der Waals surface area (Å²) in [5, 5.41) is 2.98. The minimum Gasteiger partial charge on any atom is -0.436 e. The molecule has 2 aromatic heterocycles. The summed E-state index contributed by atoms with van der Waals surface area (Å²) >= 11 is 5.96. The fourth-order valence-electron chi connectivity index (χ4n) is 2.95. The molecule has 27 heavy (non-hydrogen) atoms. The molecule has 6 heteroatoms. The lowest BCUT2D eigenvalue weighted by Gasteiger charge is -2.06. The van der Waals surface area contributed by atoms with Crippen LogP contribution in [0, 0.1) is 13.8 Å². The number of halogens is 1. The van der Waals surface area contributed by atoms with Crippen LogP contribution in [0.2, 0.25) is 5.15 Å². The van der Waals surface area contributed by atoms with E-state index < -0.39 is 0 Å². The number of nitrogens with one attached hydrogen (secondary N) is 1. The Balaban J connectivity index is 1.58. The molecule has 0 radical (unpaired) electrons. The van der Waals surface area contributed by atoms with Gasteiger partial charge in [-0.25, -0.2) is 9.97 Å². The normalized spacial score (nSPS) is 10.9. The molecule has 2 aromatic carbocycles. The number of pyridine rings is 1. The van der Waals surface area contributed by atoms with Gasteiger partial charge in [-0.2, -0.15) is 0 Å². The van der Waals surface area contributed by atoms with Crippen molar-refractivity contribution in [1.82, 2.24) is 9.97 Å². The Hall–Kier alpha value is -3.18. The number of carbonyl (C=O) groups is 1. The smallest absolute Gasteiger partial charge is 0.258 e. The predicted octanol–water partition coefficient (Wildman–Crippen LogP) is 5.41. The number of aryl methyl sites for hydroxylation is 2. The van der Waals surface area contributed by atoms with Gasteiger partial charge >= 0.3 is 0 Å². The molecule has 5 nitrogen and oxygen atoms in total. The molecule has 1 amide bonds. The molecule has 4 aromatic rings. The first-order valence-electron chi connectivity index (χ1n) is 8.41. The average Bonchev–Trinajstić information content (AvgIpc) is 3.07. The highest BCUT2D eigenvalue weighted by molar-refractivity contribution is 6.33. The lowest BCUT2D eigenvalue weighted by molar-refractivity contribution is 0.102. The van der Waals surface area contributed by atoms with Crippen molar-refractivity contribution in [3.63, 3.8) is 0 Å². The molecule has 2 heterocycles. The molecule has 134 valence electrons. The number of hydrogen-bond acceptors (Lipinski definition) is 4. The summed E-state index contributed by atoms with van der Waals surface area (Å²) in [7, 11) is 0. The molecule has 0 saturated carbocycles. The first-order valence-corrected chi connectivity index (χ1v) is 8.79. The number of oxazole rings is 1. The van der Waals surface area contributed by atoms with Crippen molar-refractivity contribution in [2.75, 3.05) is 5.32 Å². The number of benzene rings is 2. The summed E-state index contributed by atoms with van der Waals surface area (Å²) in [6.45, 7) is 4.04. The van der Waals surface area contributed by atoms with Crippen molar-refractivity contribution in [2.24, 2.45) is 0 Å². The van der Waals surface area contributed by atoms with E-state index in [-0.39, 0.29) is 11.1 Å². The van der Waals surface area contributed by atoms with Crippen molar-refractivity contribution < 1.29 is 9.21 Å². The molecular weight excluding hydrogens is 362 g/mol. The van der Waals surface area contributed by atoms with Crippen molar-refractivity contribution in [2.45, 2.75) is 13.8 Å². The minimum atomic E-state index is -0.311. The summed E-state index contributed by atoms with van der Waals surface area (Å²) in [4.78, 5) is 20.8. The highest BCUT2D eigenvalue weighted by Crippen LogP contribution is 2.28. The van der Waals surface area contributed by atoms with Crippen LogP contribution in [-0.4, -0.2) is 15.9 Å². The summed E-state index contributed by atoms with van der Waals surface area (Å²) in [6, 6.07) is 14.7. The van der Waals surface area contributed by atoms with Gasteiger partial charge in [-0.3, -0.25) is 4.79 Å². The van der Waals surface area contributed by atoms with E-state index in [0.29, 0.717) is 17.1 Å². The molecule has 0 bridgehead atoms. The molecule has 0 aliphatic heterocycles. The van der Waals surface area contributed by atoms with E-state index in [9.17, 15) is 4.79 Å². The number of aromatic nitrogens is 2. The maximum atomic E-state index is 12.3. The number of anilines is 1. The minimum absolute atomic E-state index is 0.170. The molecule has 0 unspecified atom stereocenters. The van der Waals surface area contributed by atoms with E-state index in [2.05, 4.69) is 21.4 Å². The van der Waals surface area contributed by atoms with Gasteiger partial charge in [-0.05, 0) is 67.4 Å². The van der Waals surface area contributed by atoms with E-state index in [1.54, 1.807) is 24.3 Å². The second kappa shape index (κ2) is 6.85. The van der Waals surface area contributed by atoms with Crippen LogP contribution >= 0.6 is 11.6 Å². The zero-order chi connectivity index (χ0) is 19.0. The fourth-order valence-corrected chi connectivity index (χ4v) is 3.16. The number of rotatable bonds is 3. The fraction of sp³-hybridized carbons (Fsp3) is 0.0952. The Morgan fingerprint density at radius 2 is 1.89 bits per heavy atom. The topological polar surface area (TPSA) is 68.0 Å². The van der Waals surface area contributed by atoms with E-state index in [1.165, 1.54) is 6.20 Å². The molecule has 1 N–H and O–H groups in total. The Morgan fingerprint density at radius 3 is 2.63 bits per heavy atom. The molecule has 0 aliphatic rings. The van der Waals surface area contributed by atoms with Crippen molar-refractivity contribution in [3.05, 3.63) is 76.6 Å². The Kier molecular flexibility index (Phi) is 4.38. The van der Waals surface area contributed by atoms with Crippen LogP contribution in [0.25, 0.3) is 22.6 Å². The second-order valence-corrected chi connectivity index (χ2v) is 6.68. The van der Waals surface area contributed by atoms with Crippen molar-refractivity contribution in [3.8, 4) is 11.5 Å². The monoisotopic (exact) mass is 377 g/mol. The largest absolute Gasteiger partial charge is 0.436 e. The van der Waals surface area contributed by atoms with Crippen LogP contribution in [0.5, 0.6) is 0 Å². The number of fused-ring (bicyclic) bond motifs is 1. The van der Waals surface area contributed by atoms with Gasteiger partial charge in [-0.1, -0.05) is 17.7 Å². The SMILES string of the molecule is Cc1cc(C)c2oc(-c3ccc(NC(=O)c4cccnc4Cl)cc3)nc2c1. The average molecular weight is 378 g/mol. The van der Waals surface area contributed by atoms with Crippen LogP contribution in [0.1, 0.15) is 21.5 Å². The first-order chi connectivity index (χ1) is 13.0. The van der Waals surface area contributed by atoms with Crippen molar-refractivity contribution in [1.29, 1.82) is 0 Å². The molecule has 4 rings (SSSR count). The van der Waals surface area contributed by atoms with Crippen molar-refractivity contribution >= 4 is 34.3 Å². The van der Waals surface area contributed by atoms with Gasteiger partial charge in [0.15, 0.2) is 5.58 Å². The summed E-state index contributed by atoms with van der Waals surface area (Å²) < 4.78 is 5.92. The quantitative estimate of drug-likeness (QED) is 0.484. The highest BCUT2D eigenvalue weighted by atomic mass is 35.5. The first kappa shape index (κ1) is 17.2. The molecule has 0 saturated heterocycles. The third kappa shape index (κ3) is 3.41.